The molecule has 0 atom stereocenters. The molecule has 0 spiro atoms. The summed E-state index contributed by atoms with van der Waals surface area (Å²) >= 11 is 3.46. The fourth-order valence-electron chi connectivity index (χ4n) is 1.61. The average Bonchev–Trinajstić information content (AvgIpc) is 2.44. The van der Waals surface area contributed by atoms with Crippen LogP contribution >= 0.6 is 15.9 Å². The first-order valence-corrected chi connectivity index (χ1v) is 6.47. The van der Waals surface area contributed by atoms with Gasteiger partial charge in [0.2, 0.25) is 0 Å². The third-order valence-electron chi connectivity index (χ3n) is 2.54. The van der Waals surface area contributed by atoms with E-state index in [2.05, 4.69) is 22.0 Å². The molecule has 4 heteroatoms. The zero-order valence-electron chi connectivity index (χ0n) is 10.4. The van der Waals surface area contributed by atoms with Crippen LogP contribution in [0.2, 0.25) is 0 Å². The van der Waals surface area contributed by atoms with E-state index in [1.54, 1.807) is 31.4 Å². The van der Waals surface area contributed by atoms with Gasteiger partial charge in [0, 0.05) is 11.6 Å². The first-order chi connectivity index (χ1) is 9.22. The average molecular weight is 318 g/mol. The van der Waals surface area contributed by atoms with Crippen LogP contribution in [0.5, 0.6) is 11.5 Å². The van der Waals surface area contributed by atoms with Crippen molar-refractivity contribution in [3.8, 4) is 17.6 Å². The highest BCUT2D eigenvalue weighted by Gasteiger charge is 2.03. The molecule has 0 aromatic heterocycles. The van der Waals surface area contributed by atoms with Crippen molar-refractivity contribution >= 4 is 15.9 Å². The van der Waals surface area contributed by atoms with Gasteiger partial charge in [0.25, 0.3) is 0 Å². The summed E-state index contributed by atoms with van der Waals surface area (Å²) in [5, 5.41) is 8.73. The molecule has 0 fully saturated rings. The molecule has 0 saturated carbocycles. The Morgan fingerprint density at radius 3 is 2.42 bits per heavy atom. The lowest BCUT2D eigenvalue weighted by molar-refractivity contribution is 0.184. The summed E-state index contributed by atoms with van der Waals surface area (Å²) in [5.41, 5.74) is 1.64. The van der Waals surface area contributed by atoms with Gasteiger partial charge in [-0.25, -0.2) is 0 Å². The molecule has 0 saturated heterocycles. The minimum Gasteiger partial charge on any atom is -0.457 e. The van der Waals surface area contributed by atoms with Crippen molar-refractivity contribution in [3.63, 3.8) is 0 Å². The van der Waals surface area contributed by atoms with E-state index in [9.17, 15) is 0 Å². The van der Waals surface area contributed by atoms with Gasteiger partial charge < -0.3 is 9.47 Å². The molecule has 2 aromatic rings. The van der Waals surface area contributed by atoms with E-state index in [-0.39, 0.29) is 0 Å². The topological polar surface area (TPSA) is 42.2 Å². The van der Waals surface area contributed by atoms with Crippen LogP contribution in [-0.4, -0.2) is 7.11 Å². The van der Waals surface area contributed by atoms with Crippen molar-refractivity contribution in [1.82, 2.24) is 0 Å². The summed E-state index contributed by atoms with van der Waals surface area (Å²) in [6.07, 6.45) is 0. The van der Waals surface area contributed by atoms with Gasteiger partial charge >= 0.3 is 0 Å². The van der Waals surface area contributed by atoms with Gasteiger partial charge in [0.05, 0.1) is 18.2 Å². The molecule has 96 valence electrons. The zero-order chi connectivity index (χ0) is 13.7. The standard InChI is InChI=1S/C15H12BrNO2/c1-18-10-12-8-14(6-7-15(12)16)19-13-4-2-11(9-17)3-5-13/h2-8H,10H2,1H3. The summed E-state index contributed by atoms with van der Waals surface area (Å²) in [6.45, 7) is 0.519. The number of rotatable bonds is 4. The van der Waals surface area contributed by atoms with Crippen LogP contribution in [0.15, 0.2) is 46.9 Å². The molecule has 0 amide bonds. The molecule has 0 heterocycles. The maximum Gasteiger partial charge on any atom is 0.127 e. The lowest BCUT2D eigenvalue weighted by atomic mass is 10.2. The number of methoxy groups -OCH3 is 1. The van der Waals surface area contributed by atoms with Crippen LogP contribution in [0.25, 0.3) is 0 Å². The van der Waals surface area contributed by atoms with E-state index in [4.69, 9.17) is 14.7 Å². The van der Waals surface area contributed by atoms with Crippen LogP contribution in [0.1, 0.15) is 11.1 Å². The first kappa shape index (κ1) is 13.6. The molecule has 0 N–H and O–H groups in total. The van der Waals surface area contributed by atoms with Gasteiger partial charge in [-0.3, -0.25) is 0 Å². The second kappa shape index (κ2) is 6.37. The predicted molar refractivity (Wildman–Crippen MR) is 76.1 cm³/mol. The van der Waals surface area contributed by atoms with Crippen molar-refractivity contribution in [2.75, 3.05) is 7.11 Å². The molecule has 3 nitrogen and oxygen atoms in total. The Morgan fingerprint density at radius 2 is 1.79 bits per heavy atom. The summed E-state index contributed by atoms with van der Waals surface area (Å²) in [5.74, 6) is 1.43. The number of nitriles is 1. The summed E-state index contributed by atoms with van der Waals surface area (Å²) in [6, 6.07) is 14.8. The summed E-state index contributed by atoms with van der Waals surface area (Å²) in [7, 11) is 1.65. The normalized spacial score (nSPS) is 9.95. The first-order valence-electron chi connectivity index (χ1n) is 5.68. The molecule has 0 aliphatic rings. The maximum absolute atomic E-state index is 8.73. The number of benzene rings is 2. The van der Waals surface area contributed by atoms with Crippen LogP contribution in [0, 0.1) is 11.3 Å². The third-order valence-corrected chi connectivity index (χ3v) is 3.31. The Bertz CT molecular complexity index is 603. The fourth-order valence-corrected chi connectivity index (χ4v) is 1.98. The second-order valence-electron chi connectivity index (χ2n) is 3.92. The predicted octanol–water partition coefficient (Wildman–Crippen LogP) is 4.26. The largest absolute Gasteiger partial charge is 0.457 e. The van der Waals surface area contributed by atoms with Crippen molar-refractivity contribution < 1.29 is 9.47 Å². The molecule has 0 unspecified atom stereocenters. The monoisotopic (exact) mass is 317 g/mol. The van der Waals surface area contributed by atoms with E-state index in [1.165, 1.54) is 0 Å². The molecule has 19 heavy (non-hydrogen) atoms. The Morgan fingerprint density at radius 1 is 1.11 bits per heavy atom. The van der Waals surface area contributed by atoms with E-state index in [0.29, 0.717) is 17.9 Å². The lowest BCUT2D eigenvalue weighted by Gasteiger charge is -2.09. The van der Waals surface area contributed by atoms with Crippen molar-refractivity contribution in [1.29, 1.82) is 5.26 Å². The molecule has 0 aliphatic carbocycles. The Balaban J connectivity index is 2.18. The van der Waals surface area contributed by atoms with Gasteiger partial charge in [-0.15, -0.1) is 0 Å². The SMILES string of the molecule is COCc1cc(Oc2ccc(C#N)cc2)ccc1Br. The van der Waals surface area contributed by atoms with E-state index in [1.807, 2.05) is 18.2 Å². The van der Waals surface area contributed by atoms with Gasteiger partial charge in [0.1, 0.15) is 11.5 Å². The van der Waals surface area contributed by atoms with Gasteiger partial charge in [-0.1, -0.05) is 15.9 Å². The van der Waals surface area contributed by atoms with Crippen molar-refractivity contribution in [2.24, 2.45) is 0 Å². The molecule has 2 aromatic carbocycles. The number of halogens is 1. The van der Waals surface area contributed by atoms with Crippen molar-refractivity contribution in [2.45, 2.75) is 6.61 Å². The molecule has 0 aliphatic heterocycles. The molecular weight excluding hydrogens is 306 g/mol. The third kappa shape index (κ3) is 3.57. The number of hydrogen-bond acceptors (Lipinski definition) is 3. The highest BCUT2D eigenvalue weighted by molar-refractivity contribution is 9.10. The quantitative estimate of drug-likeness (QED) is 0.846. The Hall–Kier alpha value is -1.83. The fraction of sp³-hybridized carbons (Fsp3) is 0.133. The smallest absolute Gasteiger partial charge is 0.127 e. The van der Waals surface area contributed by atoms with Crippen molar-refractivity contribution in [3.05, 3.63) is 58.1 Å². The van der Waals surface area contributed by atoms with Gasteiger partial charge in [-0.2, -0.15) is 5.26 Å². The van der Waals surface area contributed by atoms with E-state index >= 15 is 0 Å². The number of ether oxygens (including phenoxy) is 2. The molecular formula is C15H12BrNO2. The van der Waals surface area contributed by atoms with Crippen LogP contribution in [0.4, 0.5) is 0 Å². The van der Waals surface area contributed by atoms with Crippen LogP contribution < -0.4 is 4.74 Å². The van der Waals surface area contributed by atoms with Gasteiger partial charge in [0.15, 0.2) is 0 Å². The molecule has 0 radical (unpaired) electrons. The Labute approximate surface area is 120 Å². The van der Waals surface area contributed by atoms with Crippen LogP contribution in [-0.2, 0) is 11.3 Å². The summed E-state index contributed by atoms with van der Waals surface area (Å²) in [4.78, 5) is 0. The summed E-state index contributed by atoms with van der Waals surface area (Å²) < 4.78 is 11.8. The minimum atomic E-state index is 0.519. The number of nitrogens with zero attached hydrogens (tertiary/aromatic N) is 1. The van der Waals surface area contributed by atoms with Crippen LogP contribution in [0.3, 0.4) is 0 Å². The lowest BCUT2D eigenvalue weighted by Crippen LogP contribution is -1.91. The highest BCUT2D eigenvalue weighted by atomic mass is 79.9. The molecule has 0 bridgehead atoms. The highest BCUT2D eigenvalue weighted by Crippen LogP contribution is 2.27. The second-order valence-corrected chi connectivity index (χ2v) is 4.78. The Kier molecular flexibility index (Phi) is 4.56. The molecule has 2 rings (SSSR count). The zero-order valence-corrected chi connectivity index (χ0v) is 12.0. The number of hydrogen-bond donors (Lipinski definition) is 0. The van der Waals surface area contributed by atoms with E-state index in [0.717, 1.165) is 15.8 Å². The minimum absolute atomic E-state index is 0.519. The maximum atomic E-state index is 8.73. The van der Waals surface area contributed by atoms with Gasteiger partial charge in [-0.05, 0) is 48.0 Å². The van der Waals surface area contributed by atoms with E-state index < -0.39 is 0 Å².